The van der Waals surface area contributed by atoms with Crippen molar-refractivity contribution >= 4 is 11.9 Å². The van der Waals surface area contributed by atoms with Gasteiger partial charge in [-0.1, -0.05) is 45.2 Å². The van der Waals surface area contributed by atoms with E-state index in [-0.39, 0.29) is 5.91 Å². The Morgan fingerprint density at radius 3 is 2.48 bits per heavy atom. The highest BCUT2D eigenvalue weighted by atomic mass is 16.4. The lowest BCUT2D eigenvalue weighted by molar-refractivity contribution is -0.137. The van der Waals surface area contributed by atoms with Crippen molar-refractivity contribution in [3.8, 4) is 0 Å². The number of aromatic carboxylic acids is 1. The molecule has 1 saturated heterocycles. The van der Waals surface area contributed by atoms with E-state index >= 15 is 0 Å². The monoisotopic (exact) mass is 346 g/mol. The topological polar surface area (TPSA) is 60.9 Å². The van der Waals surface area contributed by atoms with Gasteiger partial charge < -0.3 is 5.11 Å². The Kier molecular flexibility index (Phi) is 7.44. The first-order chi connectivity index (χ1) is 12.0. The molecule has 1 heterocycles. The summed E-state index contributed by atoms with van der Waals surface area (Å²) in [5.41, 5.74) is 1.35. The number of hydrogen-bond acceptors (Lipinski definition) is 3. The summed E-state index contributed by atoms with van der Waals surface area (Å²) in [5.74, 6) is 0.0478. The zero-order valence-corrected chi connectivity index (χ0v) is 15.4. The van der Waals surface area contributed by atoms with Crippen LogP contribution in [-0.2, 0) is 11.2 Å². The van der Waals surface area contributed by atoms with Gasteiger partial charge in [0.25, 0.3) is 0 Å². The molecule has 0 bridgehead atoms. The molecule has 0 radical (unpaired) electrons. The Labute approximate surface area is 150 Å². The van der Waals surface area contributed by atoms with Gasteiger partial charge >= 0.3 is 5.97 Å². The van der Waals surface area contributed by atoms with Crippen LogP contribution in [0.25, 0.3) is 0 Å². The molecular weight excluding hydrogens is 316 g/mol. The number of benzene rings is 1. The maximum atomic E-state index is 12.1. The minimum Gasteiger partial charge on any atom is -0.478 e. The molecule has 1 aromatic rings. The van der Waals surface area contributed by atoms with E-state index in [1.54, 1.807) is 12.1 Å². The highest BCUT2D eigenvalue weighted by molar-refractivity contribution is 5.87. The summed E-state index contributed by atoms with van der Waals surface area (Å²) < 4.78 is 0. The predicted octanol–water partition coefficient (Wildman–Crippen LogP) is 3.59. The van der Waals surface area contributed by atoms with Gasteiger partial charge in [0.15, 0.2) is 0 Å². The Bertz CT molecular complexity index is 569. The number of rotatable bonds is 10. The van der Waals surface area contributed by atoms with E-state index in [1.165, 1.54) is 19.3 Å². The average molecular weight is 346 g/mol. The molecule has 0 unspecified atom stereocenters. The molecule has 1 aromatic carbocycles. The molecule has 2 rings (SSSR count). The van der Waals surface area contributed by atoms with Crippen molar-refractivity contribution in [2.45, 2.75) is 52.4 Å². The summed E-state index contributed by atoms with van der Waals surface area (Å²) >= 11 is 0. The van der Waals surface area contributed by atoms with Crippen LogP contribution in [0.4, 0.5) is 0 Å². The molecule has 0 aromatic heterocycles. The van der Waals surface area contributed by atoms with Gasteiger partial charge in [-0.05, 0) is 36.5 Å². The number of carbonyl (C=O) groups excluding carboxylic acids is 1. The van der Waals surface area contributed by atoms with E-state index in [1.807, 2.05) is 17.1 Å². The zero-order valence-electron chi connectivity index (χ0n) is 15.4. The van der Waals surface area contributed by atoms with E-state index in [0.717, 1.165) is 37.4 Å². The molecule has 1 amide bonds. The maximum Gasteiger partial charge on any atom is 0.335 e. The second-order valence-corrected chi connectivity index (χ2v) is 7.22. The maximum absolute atomic E-state index is 12.1. The van der Waals surface area contributed by atoms with E-state index in [4.69, 9.17) is 5.11 Å². The highest BCUT2D eigenvalue weighted by Gasteiger charge is 2.27. The fourth-order valence-electron chi connectivity index (χ4n) is 3.20. The van der Waals surface area contributed by atoms with Gasteiger partial charge in [-0.25, -0.2) is 9.80 Å². The second kappa shape index (κ2) is 9.56. The summed E-state index contributed by atoms with van der Waals surface area (Å²) in [5, 5.41) is 13.0. The third-order valence-corrected chi connectivity index (χ3v) is 4.72. The predicted molar refractivity (Wildman–Crippen MR) is 98.3 cm³/mol. The van der Waals surface area contributed by atoms with Crippen molar-refractivity contribution in [3.63, 3.8) is 0 Å². The van der Waals surface area contributed by atoms with Crippen LogP contribution in [0.1, 0.15) is 61.9 Å². The first-order valence-electron chi connectivity index (χ1n) is 9.35. The Morgan fingerprint density at radius 2 is 1.84 bits per heavy atom. The third kappa shape index (κ3) is 6.16. The summed E-state index contributed by atoms with van der Waals surface area (Å²) in [6.45, 7) is 6.94. The molecule has 1 aliphatic heterocycles. The summed E-state index contributed by atoms with van der Waals surface area (Å²) in [6, 6.07) is 6.91. The van der Waals surface area contributed by atoms with Crippen LogP contribution in [0, 0.1) is 5.92 Å². The van der Waals surface area contributed by atoms with Crippen LogP contribution in [0.3, 0.4) is 0 Å². The van der Waals surface area contributed by atoms with Crippen molar-refractivity contribution in [1.29, 1.82) is 0 Å². The second-order valence-electron chi connectivity index (χ2n) is 7.22. The van der Waals surface area contributed by atoms with Crippen LogP contribution in [0.15, 0.2) is 24.3 Å². The largest absolute Gasteiger partial charge is 0.478 e. The van der Waals surface area contributed by atoms with Gasteiger partial charge in [-0.2, -0.15) is 0 Å². The van der Waals surface area contributed by atoms with Crippen LogP contribution in [-0.4, -0.2) is 46.6 Å². The molecule has 25 heavy (non-hydrogen) atoms. The van der Waals surface area contributed by atoms with Gasteiger partial charge in [-0.15, -0.1) is 0 Å². The summed E-state index contributed by atoms with van der Waals surface area (Å²) in [4.78, 5) is 23.0. The molecule has 5 nitrogen and oxygen atoms in total. The van der Waals surface area contributed by atoms with Gasteiger partial charge in [-0.3, -0.25) is 9.80 Å². The van der Waals surface area contributed by atoms with Crippen LogP contribution in [0.2, 0.25) is 0 Å². The van der Waals surface area contributed by atoms with E-state index < -0.39 is 5.97 Å². The highest BCUT2D eigenvalue weighted by Crippen LogP contribution is 2.16. The number of amides is 1. The molecule has 0 aliphatic carbocycles. The lowest BCUT2D eigenvalue weighted by Crippen LogP contribution is -2.40. The van der Waals surface area contributed by atoms with Crippen molar-refractivity contribution in [3.05, 3.63) is 35.4 Å². The van der Waals surface area contributed by atoms with Crippen LogP contribution in [0.5, 0.6) is 0 Å². The van der Waals surface area contributed by atoms with Crippen LogP contribution < -0.4 is 0 Å². The normalized spacial score (nSPS) is 15.3. The molecule has 0 saturated carbocycles. The number of hydrogen-bond donors (Lipinski definition) is 1. The Hall–Kier alpha value is -1.88. The average Bonchev–Trinajstić information content (AvgIpc) is 2.92. The van der Waals surface area contributed by atoms with E-state index in [9.17, 15) is 9.59 Å². The molecule has 1 N–H and O–H groups in total. The molecule has 0 atom stereocenters. The van der Waals surface area contributed by atoms with Crippen LogP contribution >= 0.6 is 0 Å². The lowest BCUT2D eigenvalue weighted by atomic mass is 10.1. The number of unbranched alkanes of at least 4 members (excludes halogenated alkanes) is 2. The summed E-state index contributed by atoms with van der Waals surface area (Å²) in [6.07, 6.45) is 6.22. The fraction of sp³-hybridized carbons (Fsp3) is 0.600. The van der Waals surface area contributed by atoms with Gasteiger partial charge in [0.1, 0.15) is 0 Å². The van der Waals surface area contributed by atoms with E-state index in [2.05, 4.69) is 18.9 Å². The lowest BCUT2D eigenvalue weighted by Gasteiger charge is -2.28. The first kappa shape index (κ1) is 19.4. The number of hydrazine groups is 1. The van der Waals surface area contributed by atoms with Crippen molar-refractivity contribution in [1.82, 2.24) is 10.0 Å². The number of carbonyl (C=O) groups is 2. The molecule has 1 fully saturated rings. The first-order valence-corrected chi connectivity index (χ1v) is 9.35. The smallest absolute Gasteiger partial charge is 0.335 e. The molecule has 138 valence electrons. The summed E-state index contributed by atoms with van der Waals surface area (Å²) in [7, 11) is 0. The molecule has 1 aliphatic rings. The van der Waals surface area contributed by atoms with Gasteiger partial charge in [0, 0.05) is 26.1 Å². The van der Waals surface area contributed by atoms with Gasteiger partial charge in [0.2, 0.25) is 5.91 Å². The van der Waals surface area contributed by atoms with Crippen molar-refractivity contribution < 1.29 is 14.7 Å². The van der Waals surface area contributed by atoms with Crippen molar-refractivity contribution in [2.75, 3.05) is 19.6 Å². The Balaban J connectivity index is 1.78. The minimum atomic E-state index is -0.912. The quantitative estimate of drug-likeness (QED) is 0.658. The third-order valence-electron chi connectivity index (χ3n) is 4.72. The fourth-order valence-corrected chi connectivity index (χ4v) is 3.20. The number of nitrogens with zero attached hydrogens (tertiary/aromatic N) is 2. The van der Waals surface area contributed by atoms with Crippen molar-refractivity contribution in [2.24, 2.45) is 5.92 Å². The van der Waals surface area contributed by atoms with E-state index in [0.29, 0.717) is 18.5 Å². The standard InChI is InChI=1S/C20H30N2O3/c1-16(2)6-4-3-5-13-21-14-12-19(23)22(21)15-11-17-7-9-18(10-8-17)20(24)25/h7-10,16H,3-6,11-15H2,1-2H3,(H,24,25). The number of carboxylic acid groups (broad SMARTS) is 1. The van der Waals surface area contributed by atoms with Gasteiger partial charge in [0.05, 0.1) is 5.56 Å². The zero-order chi connectivity index (χ0) is 18.2. The number of carboxylic acids is 1. The minimum absolute atomic E-state index is 0.198. The molecule has 0 spiro atoms. The molecular formula is C20H30N2O3. The SMILES string of the molecule is CC(C)CCCCCN1CCC(=O)N1CCc1ccc(C(=O)O)cc1. The Morgan fingerprint density at radius 1 is 1.12 bits per heavy atom. The molecule has 5 heteroatoms.